The van der Waals surface area contributed by atoms with Gasteiger partial charge >= 0.3 is 0 Å². The molecular weight excluding hydrogens is 614 g/mol. The molecular formula is C29H20Cl4N2O4S. The predicted molar refractivity (Wildman–Crippen MR) is 159 cm³/mol. The largest absolute Gasteiger partial charge is 0.352 e. The smallest absolute Gasteiger partial charge is 0.268 e. The number of aryl methyl sites for hydroxylation is 3. The van der Waals surface area contributed by atoms with Gasteiger partial charge in [-0.25, -0.2) is 12.4 Å². The van der Waals surface area contributed by atoms with Gasteiger partial charge in [0.15, 0.2) is 11.6 Å². The van der Waals surface area contributed by atoms with Crippen molar-refractivity contribution in [1.82, 2.24) is 8.96 Å². The van der Waals surface area contributed by atoms with Gasteiger partial charge in [-0.3, -0.25) is 9.59 Å². The van der Waals surface area contributed by atoms with Gasteiger partial charge in [-0.15, -0.1) is 0 Å². The van der Waals surface area contributed by atoms with E-state index in [1.54, 1.807) is 42.5 Å². The number of H-pyrrole nitrogens is 1. The number of fused-ring (bicyclic) bond motifs is 6. The first kappa shape index (κ1) is 27.4. The molecule has 2 aromatic heterocycles. The first-order chi connectivity index (χ1) is 19.0. The lowest BCUT2D eigenvalue weighted by molar-refractivity contribution is 0.0982. The minimum atomic E-state index is -3.93. The molecule has 204 valence electrons. The van der Waals surface area contributed by atoms with Crippen LogP contribution in [0.3, 0.4) is 0 Å². The summed E-state index contributed by atoms with van der Waals surface area (Å²) in [5, 5.41) is 3.14. The van der Waals surface area contributed by atoms with Crippen LogP contribution in [-0.2, 0) is 22.9 Å². The molecule has 2 aliphatic carbocycles. The first-order valence-corrected chi connectivity index (χ1v) is 15.3. The number of benzene rings is 3. The summed E-state index contributed by atoms with van der Waals surface area (Å²) in [6.07, 6.45) is 2.06. The van der Waals surface area contributed by atoms with Crippen molar-refractivity contribution in [2.45, 2.75) is 37.5 Å². The van der Waals surface area contributed by atoms with Crippen molar-refractivity contribution < 1.29 is 18.0 Å². The Hall–Kier alpha value is -2.81. The van der Waals surface area contributed by atoms with Crippen molar-refractivity contribution in [2.24, 2.45) is 0 Å². The van der Waals surface area contributed by atoms with E-state index in [0.29, 0.717) is 50.1 Å². The Morgan fingerprint density at radius 1 is 0.725 bits per heavy atom. The van der Waals surface area contributed by atoms with Crippen LogP contribution in [0, 0.1) is 6.92 Å². The lowest BCUT2D eigenvalue weighted by Crippen LogP contribution is -2.17. The second-order valence-corrected chi connectivity index (χ2v) is 13.1. The van der Waals surface area contributed by atoms with Crippen LogP contribution >= 0.6 is 46.4 Å². The summed E-state index contributed by atoms with van der Waals surface area (Å²) in [5.41, 5.74) is 4.79. The Balaban J connectivity index is 0.000000164. The van der Waals surface area contributed by atoms with Gasteiger partial charge in [0.05, 0.1) is 36.2 Å². The van der Waals surface area contributed by atoms with Crippen LogP contribution in [0.25, 0.3) is 21.8 Å². The highest BCUT2D eigenvalue weighted by molar-refractivity contribution is 7.90. The van der Waals surface area contributed by atoms with E-state index in [4.69, 9.17) is 46.4 Å². The van der Waals surface area contributed by atoms with Gasteiger partial charge in [0.25, 0.3) is 10.0 Å². The summed E-state index contributed by atoms with van der Waals surface area (Å²) < 4.78 is 27.6. The predicted octanol–water partition coefficient (Wildman–Crippen LogP) is 8.23. The van der Waals surface area contributed by atoms with Crippen LogP contribution in [0.5, 0.6) is 0 Å². The van der Waals surface area contributed by atoms with Crippen molar-refractivity contribution in [3.05, 3.63) is 96.7 Å². The SMILES string of the molecule is Cc1ccc(S(=O)(=O)n2c3c(c4c(Cl)c(Cl)ccc42)CCC3=O)cc1.O=C1CCc2c1[nH]c1ccc(Cl)c(Cl)c21. The molecule has 0 saturated heterocycles. The van der Waals surface area contributed by atoms with E-state index in [1.807, 2.05) is 13.0 Å². The lowest BCUT2D eigenvalue weighted by Gasteiger charge is -2.11. The second-order valence-electron chi connectivity index (χ2n) is 9.77. The van der Waals surface area contributed by atoms with Crippen LogP contribution in [0.2, 0.25) is 20.1 Å². The van der Waals surface area contributed by atoms with Gasteiger partial charge in [-0.1, -0.05) is 64.1 Å². The Morgan fingerprint density at radius 3 is 2.02 bits per heavy atom. The summed E-state index contributed by atoms with van der Waals surface area (Å²) in [6.45, 7) is 1.88. The van der Waals surface area contributed by atoms with E-state index in [2.05, 4.69) is 4.98 Å². The molecule has 3 aromatic carbocycles. The molecule has 6 nitrogen and oxygen atoms in total. The van der Waals surface area contributed by atoms with Crippen LogP contribution in [0.1, 0.15) is 50.5 Å². The van der Waals surface area contributed by atoms with Gasteiger partial charge in [-0.2, -0.15) is 0 Å². The summed E-state index contributed by atoms with van der Waals surface area (Å²) in [4.78, 5) is 27.2. The normalized spacial score (nSPS) is 14.5. The van der Waals surface area contributed by atoms with Gasteiger partial charge in [0.1, 0.15) is 5.69 Å². The fourth-order valence-electron chi connectivity index (χ4n) is 5.44. The third kappa shape index (κ3) is 4.18. The molecule has 0 fully saturated rings. The van der Waals surface area contributed by atoms with Crippen molar-refractivity contribution in [3.8, 4) is 0 Å². The van der Waals surface area contributed by atoms with E-state index in [-0.39, 0.29) is 33.6 Å². The maximum atomic E-state index is 13.3. The van der Waals surface area contributed by atoms with E-state index < -0.39 is 10.0 Å². The lowest BCUT2D eigenvalue weighted by atomic mass is 10.1. The van der Waals surface area contributed by atoms with Crippen molar-refractivity contribution in [3.63, 3.8) is 0 Å². The molecule has 7 rings (SSSR count). The zero-order chi connectivity index (χ0) is 28.5. The van der Waals surface area contributed by atoms with E-state index in [1.165, 1.54) is 0 Å². The number of hydrogen-bond acceptors (Lipinski definition) is 4. The van der Waals surface area contributed by atoms with Gasteiger partial charge in [0, 0.05) is 29.1 Å². The van der Waals surface area contributed by atoms with Crippen LogP contribution in [-0.4, -0.2) is 28.9 Å². The number of Topliss-reactive ketones (excluding diaryl/α,β-unsaturated/α-hetero) is 2. The fourth-order valence-corrected chi connectivity index (χ4v) is 7.86. The maximum Gasteiger partial charge on any atom is 0.268 e. The third-order valence-electron chi connectivity index (χ3n) is 7.35. The van der Waals surface area contributed by atoms with Crippen LogP contribution in [0.15, 0.2) is 53.4 Å². The number of carbonyl (C=O) groups excluding carboxylic acids is 2. The van der Waals surface area contributed by atoms with Crippen molar-refractivity contribution >= 4 is 89.8 Å². The molecule has 0 atom stereocenters. The highest BCUT2D eigenvalue weighted by Crippen LogP contribution is 2.42. The van der Waals surface area contributed by atoms with E-state index in [0.717, 1.165) is 32.4 Å². The molecule has 2 aliphatic rings. The fraction of sp³-hybridized carbons (Fsp3) is 0.172. The molecule has 5 aromatic rings. The number of hydrogen-bond donors (Lipinski definition) is 1. The number of halogens is 4. The molecule has 2 heterocycles. The zero-order valence-electron chi connectivity index (χ0n) is 20.9. The zero-order valence-corrected chi connectivity index (χ0v) is 24.8. The number of carbonyl (C=O) groups is 2. The molecule has 1 N–H and O–H groups in total. The summed E-state index contributed by atoms with van der Waals surface area (Å²) >= 11 is 24.5. The molecule has 0 bridgehead atoms. The van der Waals surface area contributed by atoms with Crippen molar-refractivity contribution in [1.29, 1.82) is 0 Å². The number of aromatic nitrogens is 2. The van der Waals surface area contributed by atoms with Crippen LogP contribution in [0.4, 0.5) is 0 Å². The first-order valence-electron chi connectivity index (χ1n) is 12.4. The molecule has 40 heavy (non-hydrogen) atoms. The summed E-state index contributed by atoms with van der Waals surface area (Å²) in [7, 11) is -3.93. The molecule has 0 aliphatic heterocycles. The van der Waals surface area contributed by atoms with Gasteiger partial charge in [-0.05, 0) is 67.3 Å². The molecule has 0 radical (unpaired) electrons. The van der Waals surface area contributed by atoms with E-state index in [9.17, 15) is 18.0 Å². The number of nitrogens with one attached hydrogen (secondary N) is 1. The number of nitrogens with zero attached hydrogens (tertiary/aromatic N) is 1. The second kappa shape index (κ2) is 9.93. The van der Waals surface area contributed by atoms with Crippen LogP contribution < -0.4 is 0 Å². The van der Waals surface area contributed by atoms with Crippen molar-refractivity contribution in [2.75, 3.05) is 0 Å². The van der Waals surface area contributed by atoms with Gasteiger partial charge in [0.2, 0.25) is 0 Å². The number of aromatic amines is 1. The third-order valence-corrected chi connectivity index (χ3v) is 10.7. The highest BCUT2D eigenvalue weighted by atomic mass is 35.5. The van der Waals surface area contributed by atoms with E-state index >= 15 is 0 Å². The Bertz CT molecular complexity index is 2010. The summed E-state index contributed by atoms with van der Waals surface area (Å²) in [6, 6.07) is 13.3. The van der Waals surface area contributed by atoms with Gasteiger partial charge < -0.3 is 4.98 Å². The topological polar surface area (TPSA) is 89.0 Å². The molecule has 0 unspecified atom stereocenters. The Labute approximate surface area is 249 Å². The maximum absolute atomic E-state index is 13.3. The average Bonchev–Trinajstić information content (AvgIpc) is 3.66. The summed E-state index contributed by atoms with van der Waals surface area (Å²) in [5.74, 6) is -0.0394. The monoisotopic (exact) mass is 632 g/mol. The Morgan fingerprint density at radius 2 is 1.32 bits per heavy atom. The minimum absolute atomic E-state index is 0.128. The molecule has 11 heteroatoms. The Kier molecular flexibility index (Phi) is 6.79. The highest BCUT2D eigenvalue weighted by Gasteiger charge is 2.35. The molecule has 0 amide bonds. The number of rotatable bonds is 2. The average molecular weight is 634 g/mol. The quantitative estimate of drug-likeness (QED) is 0.212. The molecule has 0 saturated carbocycles. The minimum Gasteiger partial charge on any atom is -0.352 e. The molecule has 0 spiro atoms. The number of ketones is 2. The standard InChI is InChI=1S/C18H13Cl2NO3S.C11H7Cl2NO/c1-10-2-4-11(5-3-10)25(23,24)21-14-8-7-13(19)17(20)16(14)12-6-9-15(22)18(12)21;12-6-2-3-7-9(10(6)13)5-1-4-8(15)11(5)14-7/h2-5,7-8H,6,9H2,1H3;2-3,14H,1,4H2.